The highest BCUT2D eigenvalue weighted by molar-refractivity contribution is 6.46. The molecule has 1 aliphatic heterocycles. The van der Waals surface area contributed by atoms with Crippen molar-refractivity contribution < 1.29 is 9.31 Å². The van der Waals surface area contributed by atoms with Crippen molar-refractivity contribution in [2.45, 2.75) is 17.5 Å². The largest absolute Gasteiger partial charge is 0.462 e. The molecular formula is C29H25BO2. The predicted molar refractivity (Wildman–Crippen MR) is 130 cm³/mol. The molecule has 0 bridgehead atoms. The highest BCUT2D eigenvalue weighted by atomic mass is 16.7. The van der Waals surface area contributed by atoms with Gasteiger partial charge >= 0.3 is 7.12 Å². The van der Waals surface area contributed by atoms with Crippen molar-refractivity contribution in [1.29, 1.82) is 0 Å². The smallest absolute Gasteiger partial charge is 0.394 e. The van der Waals surface area contributed by atoms with Gasteiger partial charge in [-0.3, -0.25) is 0 Å². The van der Waals surface area contributed by atoms with E-state index in [4.69, 9.17) is 9.31 Å². The quantitative estimate of drug-likeness (QED) is 0.261. The molecule has 2 nitrogen and oxygen atoms in total. The lowest BCUT2D eigenvalue weighted by atomic mass is 9.66. The molecule has 1 heterocycles. The van der Waals surface area contributed by atoms with E-state index in [0.717, 1.165) is 22.3 Å². The summed E-state index contributed by atoms with van der Waals surface area (Å²) in [7, 11) is -0.451. The van der Waals surface area contributed by atoms with Gasteiger partial charge in [-0.2, -0.15) is 0 Å². The number of hydrogen-bond acceptors (Lipinski definition) is 2. The Balaban J connectivity index is 1.92. The van der Waals surface area contributed by atoms with Crippen molar-refractivity contribution in [3.8, 4) is 0 Å². The summed E-state index contributed by atoms with van der Waals surface area (Å²) < 4.78 is 14.0. The van der Waals surface area contributed by atoms with Gasteiger partial charge in [0.1, 0.15) is 11.2 Å². The highest BCUT2D eigenvalue weighted by Crippen LogP contribution is 2.59. The molecule has 3 heteroatoms. The third kappa shape index (κ3) is 3.13. The molecule has 4 aromatic rings. The van der Waals surface area contributed by atoms with Crippen LogP contribution in [0.5, 0.6) is 0 Å². The second kappa shape index (κ2) is 8.62. The summed E-state index contributed by atoms with van der Waals surface area (Å²) in [5.41, 5.74) is 2.39. The third-order valence-electron chi connectivity index (χ3n) is 6.19. The van der Waals surface area contributed by atoms with Gasteiger partial charge in [0.2, 0.25) is 0 Å². The summed E-state index contributed by atoms with van der Waals surface area (Å²) in [5.74, 6) is 0. The molecule has 0 unspecified atom stereocenters. The Morgan fingerprint density at radius 2 is 0.812 bits per heavy atom. The van der Waals surface area contributed by atoms with Gasteiger partial charge in [-0.05, 0) is 22.3 Å². The zero-order valence-electron chi connectivity index (χ0n) is 17.9. The molecule has 1 saturated heterocycles. The molecule has 156 valence electrons. The van der Waals surface area contributed by atoms with Crippen LogP contribution in [0.3, 0.4) is 0 Å². The summed E-state index contributed by atoms with van der Waals surface area (Å²) in [4.78, 5) is 0. The van der Waals surface area contributed by atoms with Gasteiger partial charge in [0.15, 0.2) is 0 Å². The summed E-state index contributed by atoms with van der Waals surface area (Å²) in [5, 5.41) is 0. The van der Waals surface area contributed by atoms with Crippen molar-refractivity contribution in [3.05, 3.63) is 156 Å². The first-order valence-electron chi connectivity index (χ1n) is 11.0. The Hall–Kier alpha value is -3.40. The SMILES string of the molecule is C=CCB1OC(c2ccccc2)(c2ccccc2)C(c2ccccc2)(c2ccccc2)O1. The van der Waals surface area contributed by atoms with E-state index in [-0.39, 0.29) is 0 Å². The van der Waals surface area contributed by atoms with Crippen LogP contribution in [0.25, 0.3) is 0 Å². The monoisotopic (exact) mass is 416 g/mol. The lowest BCUT2D eigenvalue weighted by Crippen LogP contribution is -2.48. The maximum absolute atomic E-state index is 6.99. The molecule has 0 atom stereocenters. The van der Waals surface area contributed by atoms with E-state index in [1.165, 1.54) is 0 Å². The van der Waals surface area contributed by atoms with Gasteiger partial charge in [0, 0.05) is 6.32 Å². The summed E-state index contributed by atoms with van der Waals surface area (Å²) >= 11 is 0. The Bertz CT molecular complexity index is 991. The first-order chi connectivity index (χ1) is 15.8. The Labute approximate surface area is 190 Å². The fraction of sp³-hybridized carbons (Fsp3) is 0.103. The van der Waals surface area contributed by atoms with Crippen LogP contribution < -0.4 is 0 Å². The van der Waals surface area contributed by atoms with Gasteiger partial charge in [0.05, 0.1) is 0 Å². The Kier molecular flexibility index (Phi) is 5.52. The number of benzene rings is 4. The first-order valence-corrected chi connectivity index (χ1v) is 11.0. The third-order valence-corrected chi connectivity index (χ3v) is 6.19. The first kappa shape index (κ1) is 20.5. The maximum Gasteiger partial charge on any atom is 0.462 e. The highest BCUT2D eigenvalue weighted by Gasteiger charge is 2.65. The van der Waals surface area contributed by atoms with Gasteiger partial charge in [-0.25, -0.2) is 0 Å². The van der Waals surface area contributed by atoms with E-state index in [2.05, 4.69) is 104 Å². The van der Waals surface area contributed by atoms with Crippen LogP contribution in [0.1, 0.15) is 22.3 Å². The van der Waals surface area contributed by atoms with Crippen LogP contribution in [0.2, 0.25) is 6.32 Å². The van der Waals surface area contributed by atoms with Gasteiger partial charge < -0.3 is 9.31 Å². The maximum atomic E-state index is 6.99. The van der Waals surface area contributed by atoms with Crippen LogP contribution in [-0.2, 0) is 20.5 Å². The normalized spacial score (nSPS) is 16.6. The molecular weight excluding hydrogens is 391 g/mol. The van der Waals surface area contributed by atoms with Crippen LogP contribution in [0.4, 0.5) is 0 Å². The zero-order chi connectivity index (χ0) is 21.9. The van der Waals surface area contributed by atoms with E-state index >= 15 is 0 Å². The molecule has 1 fully saturated rings. The lowest BCUT2D eigenvalue weighted by Gasteiger charge is -2.46. The minimum absolute atomic E-state index is 0.451. The fourth-order valence-corrected chi connectivity index (χ4v) is 4.93. The second-order valence-electron chi connectivity index (χ2n) is 8.02. The molecule has 0 amide bonds. The minimum atomic E-state index is -0.897. The van der Waals surface area contributed by atoms with Crippen molar-refractivity contribution in [1.82, 2.24) is 0 Å². The molecule has 5 rings (SSSR count). The van der Waals surface area contributed by atoms with Crippen LogP contribution in [0.15, 0.2) is 134 Å². The number of hydrogen-bond donors (Lipinski definition) is 0. The van der Waals surface area contributed by atoms with Crippen LogP contribution in [0, 0.1) is 0 Å². The van der Waals surface area contributed by atoms with E-state index in [0.29, 0.717) is 6.32 Å². The lowest BCUT2D eigenvalue weighted by molar-refractivity contribution is 0.00370. The Morgan fingerprint density at radius 3 is 1.06 bits per heavy atom. The Morgan fingerprint density at radius 1 is 0.531 bits per heavy atom. The van der Waals surface area contributed by atoms with Crippen molar-refractivity contribution in [2.24, 2.45) is 0 Å². The molecule has 0 N–H and O–H groups in total. The second-order valence-corrected chi connectivity index (χ2v) is 8.02. The average Bonchev–Trinajstić information content (AvgIpc) is 3.23. The van der Waals surface area contributed by atoms with E-state index < -0.39 is 18.3 Å². The minimum Gasteiger partial charge on any atom is -0.394 e. The topological polar surface area (TPSA) is 18.5 Å². The van der Waals surface area contributed by atoms with E-state index in [9.17, 15) is 0 Å². The van der Waals surface area contributed by atoms with Gasteiger partial charge in [-0.15, -0.1) is 6.58 Å². The van der Waals surface area contributed by atoms with Crippen molar-refractivity contribution in [3.63, 3.8) is 0 Å². The average molecular weight is 416 g/mol. The molecule has 32 heavy (non-hydrogen) atoms. The number of allylic oxidation sites excluding steroid dienone is 1. The standard InChI is InChI=1S/C29H25BO2/c1-2-23-30-31-28(24-15-7-3-8-16-24,25-17-9-4-10-18-25)29(32-30,26-19-11-5-12-20-26)27-21-13-6-14-22-27/h2-22H,1,23H2. The summed E-state index contributed by atoms with van der Waals surface area (Å²) in [6, 6.07) is 41.7. The van der Waals surface area contributed by atoms with Crippen LogP contribution >= 0.6 is 0 Å². The molecule has 0 aromatic heterocycles. The molecule has 1 aliphatic rings. The molecule has 0 radical (unpaired) electrons. The molecule has 0 spiro atoms. The zero-order valence-corrected chi connectivity index (χ0v) is 17.9. The number of rotatable bonds is 6. The van der Waals surface area contributed by atoms with Gasteiger partial charge in [-0.1, -0.05) is 127 Å². The molecule has 0 aliphatic carbocycles. The predicted octanol–water partition coefficient (Wildman–Crippen LogP) is 6.60. The fourth-order valence-electron chi connectivity index (χ4n) is 4.93. The van der Waals surface area contributed by atoms with Crippen molar-refractivity contribution >= 4 is 7.12 Å². The van der Waals surface area contributed by atoms with E-state index in [1.54, 1.807) is 0 Å². The van der Waals surface area contributed by atoms with E-state index in [1.807, 2.05) is 30.3 Å². The van der Waals surface area contributed by atoms with Crippen LogP contribution in [-0.4, -0.2) is 7.12 Å². The molecule has 0 saturated carbocycles. The van der Waals surface area contributed by atoms with Gasteiger partial charge in [0.25, 0.3) is 0 Å². The summed E-state index contributed by atoms with van der Waals surface area (Å²) in [6.07, 6.45) is 2.44. The molecule has 4 aromatic carbocycles. The summed E-state index contributed by atoms with van der Waals surface area (Å²) in [6.45, 7) is 3.95. The van der Waals surface area contributed by atoms with Crippen molar-refractivity contribution in [2.75, 3.05) is 0 Å².